The standard InChI is InChI=1S/C14H14N2OS2/c17-10-12-13(11-4-2-1-3-5-11)15-14(19-12)16-6-8-18-9-7-16/h1-5,10H,6-9H2. The Hall–Kier alpha value is -1.33. The maximum Gasteiger partial charge on any atom is 0.186 e. The Balaban J connectivity index is 1.96. The van der Waals surface area contributed by atoms with Gasteiger partial charge in [-0.3, -0.25) is 4.79 Å². The maximum atomic E-state index is 11.2. The molecule has 0 saturated carbocycles. The molecule has 0 radical (unpaired) electrons. The fraction of sp³-hybridized carbons (Fsp3) is 0.286. The number of aldehydes is 1. The second kappa shape index (κ2) is 5.75. The lowest BCUT2D eigenvalue weighted by Crippen LogP contribution is -2.32. The average molecular weight is 290 g/mol. The summed E-state index contributed by atoms with van der Waals surface area (Å²) in [5.74, 6) is 2.27. The smallest absolute Gasteiger partial charge is 0.186 e. The van der Waals surface area contributed by atoms with Crippen molar-refractivity contribution in [2.45, 2.75) is 0 Å². The van der Waals surface area contributed by atoms with Gasteiger partial charge in [-0.25, -0.2) is 4.98 Å². The number of rotatable bonds is 3. The Morgan fingerprint density at radius 1 is 1.16 bits per heavy atom. The molecular weight excluding hydrogens is 276 g/mol. The molecule has 1 aromatic carbocycles. The highest BCUT2D eigenvalue weighted by Gasteiger charge is 2.18. The molecule has 3 nitrogen and oxygen atoms in total. The van der Waals surface area contributed by atoms with Crippen LogP contribution in [0.3, 0.4) is 0 Å². The number of thioether (sulfide) groups is 1. The summed E-state index contributed by atoms with van der Waals surface area (Å²) < 4.78 is 0. The summed E-state index contributed by atoms with van der Waals surface area (Å²) in [5.41, 5.74) is 1.83. The van der Waals surface area contributed by atoms with Crippen molar-refractivity contribution in [2.24, 2.45) is 0 Å². The molecule has 0 spiro atoms. The van der Waals surface area contributed by atoms with Gasteiger partial charge in [-0.2, -0.15) is 11.8 Å². The van der Waals surface area contributed by atoms with Gasteiger partial charge in [0.1, 0.15) is 0 Å². The summed E-state index contributed by atoms with van der Waals surface area (Å²) in [6.45, 7) is 2.04. The lowest BCUT2D eigenvalue weighted by atomic mass is 10.1. The number of hydrogen-bond donors (Lipinski definition) is 0. The summed E-state index contributed by atoms with van der Waals surface area (Å²) in [6.07, 6.45) is 0.919. The van der Waals surface area contributed by atoms with E-state index in [0.29, 0.717) is 0 Å². The Morgan fingerprint density at radius 2 is 1.89 bits per heavy atom. The van der Waals surface area contributed by atoms with E-state index in [1.54, 1.807) is 0 Å². The van der Waals surface area contributed by atoms with Gasteiger partial charge in [-0.1, -0.05) is 41.7 Å². The van der Waals surface area contributed by atoms with Gasteiger partial charge >= 0.3 is 0 Å². The number of aromatic nitrogens is 1. The first kappa shape index (κ1) is 12.7. The van der Waals surface area contributed by atoms with Crippen molar-refractivity contribution in [3.63, 3.8) is 0 Å². The summed E-state index contributed by atoms with van der Waals surface area (Å²) in [4.78, 5) is 18.9. The number of carbonyl (C=O) groups is 1. The minimum Gasteiger partial charge on any atom is -0.346 e. The van der Waals surface area contributed by atoms with Crippen LogP contribution >= 0.6 is 23.1 Å². The first-order valence-electron chi connectivity index (χ1n) is 6.22. The van der Waals surface area contributed by atoms with E-state index in [-0.39, 0.29) is 0 Å². The van der Waals surface area contributed by atoms with E-state index < -0.39 is 0 Å². The van der Waals surface area contributed by atoms with Crippen LogP contribution in [0.25, 0.3) is 11.3 Å². The molecule has 1 saturated heterocycles. The number of thiazole rings is 1. The molecule has 5 heteroatoms. The minimum absolute atomic E-state index is 0.722. The number of nitrogens with zero attached hydrogens (tertiary/aromatic N) is 2. The molecule has 0 unspecified atom stereocenters. The average Bonchev–Trinajstić information content (AvgIpc) is 2.93. The SMILES string of the molecule is O=Cc1sc(N2CCSCC2)nc1-c1ccccc1. The molecule has 2 heterocycles. The van der Waals surface area contributed by atoms with E-state index in [9.17, 15) is 4.79 Å². The fourth-order valence-electron chi connectivity index (χ4n) is 2.09. The number of benzene rings is 1. The molecule has 0 N–H and O–H groups in total. The minimum atomic E-state index is 0.722. The molecule has 0 amide bonds. The van der Waals surface area contributed by atoms with Crippen LogP contribution in [-0.4, -0.2) is 35.9 Å². The Labute approximate surface area is 120 Å². The third-order valence-corrected chi connectivity index (χ3v) is 5.06. The molecule has 0 bridgehead atoms. The summed E-state index contributed by atoms with van der Waals surface area (Å²) in [6, 6.07) is 9.91. The van der Waals surface area contributed by atoms with Crippen LogP contribution in [0.4, 0.5) is 5.13 Å². The molecule has 1 aromatic heterocycles. The van der Waals surface area contributed by atoms with E-state index in [0.717, 1.165) is 52.1 Å². The Morgan fingerprint density at radius 3 is 2.58 bits per heavy atom. The molecule has 3 rings (SSSR count). The summed E-state index contributed by atoms with van der Waals surface area (Å²) >= 11 is 3.47. The van der Waals surface area contributed by atoms with E-state index in [1.807, 2.05) is 42.1 Å². The third kappa shape index (κ3) is 2.67. The molecule has 98 valence electrons. The maximum absolute atomic E-state index is 11.2. The van der Waals surface area contributed by atoms with Gasteiger partial charge in [0.15, 0.2) is 11.4 Å². The van der Waals surface area contributed by atoms with Gasteiger partial charge in [-0.05, 0) is 0 Å². The molecule has 0 atom stereocenters. The molecule has 19 heavy (non-hydrogen) atoms. The van der Waals surface area contributed by atoms with Crippen LogP contribution in [-0.2, 0) is 0 Å². The Kier molecular flexibility index (Phi) is 3.84. The van der Waals surface area contributed by atoms with Crippen molar-refractivity contribution in [1.82, 2.24) is 4.98 Å². The van der Waals surface area contributed by atoms with Crippen LogP contribution in [0.5, 0.6) is 0 Å². The summed E-state index contributed by atoms with van der Waals surface area (Å²) in [7, 11) is 0. The van der Waals surface area contributed by atoms with Crippen molar-refractivity contribution < 1.29 is 4.79 Å². The van der Waals surface area contributed by atoms with Crippen molar-refractivity contribution in [3.8, 4) is 11.3 Å². The molecule has 1 aliphatic heterocycles. The lowest BCUT2D eigenvalue weighted by Gasteiger charge is -2.25. The fourth-order valence-corrected chi connectivity index (χ4v) is 3.95. The number of hydrogen-bond acceptors (Lipinski definition) is 5. The highest BCUT2D eigenvalue weighted by Crippen LogP contribution is 2.32. The molecule has 1 fully saturated rings. The monoisotopic (exact) mass is 290 g/mol. The first-order valence-corrected chi connectivity index (χ1v) is 8.20. The van der Waals surface area contributed by atoms with Crippen LogP contribution in [0, 0.1) is 0 Å². The molecule has 2 aromatic rings. The quantitative estimate of drug-likeness (QED) is 0.813. The normalized spacial score (nSPS) is 15.5. The van der Waals surface area contributed by atoms with Gasteiger partial charge in [-0.15, -0.1) is 0 Å². The predicted molar refractivity (Wildman–Crippen MR) is 82.5 cm³/mol. The zero-order valence-corrected chi connectivity index (χ0v) is 12.0. The topological polar surface area (TPSA) is 33.2 Å². The largest absolute Gasteiger partial charge is 0.346 e. The van der Waals surface area contributed by atoms with E-state index in [4.69, 9.17) is 0 Å². The lowest BCUT2D eigenvalue weighted by molar-refractivity contribution is 0.112. The van der Waals surface area contributed by atoms with E-state index in [2.05, 4.69) is 9.88 Å². The van der Waals surface area contributed by atoms with Gasteiger partial charge in [0.2, 0.25) is 0 Å². The zero-order chi connectivity index (χ0) is 13.1. The van der Waals surface area contributed by atoms with Crippen molar-refractivity contribution in [3.05, 3.63) is 35.2 Å². The van der Waals surface area contributed by atoms with Crippen LogP contribution in [0.2, 0.25) is 0 Å². The van der Waals surface area contributed by atoms with Gasteiger partial charge in [0, 0.05) is 30.2 Å². The third-order valence-electron chi connectivity index (χ3n) is 3.08. The van der Waals surface area contributed by atoms with Gasteiger partial charge in [0.05, 0.1) is 10.6 Å². The Bertz CT molecular complexity index is 562. The van der Waals surface area contributed by atoms with Crippen molar-refractivity contribution >= 4 is 34.5 Å². The number of carbonyl (C=O) groups excluding carboxylic acids is 1. The first-order chi connectivity index (χ1) is 9.38. The predicted octanol–water partition coefficient (Wildman–Crippen LogP) is 3.18. The van der Waals surface area contributed by atoms with E-state index >= 15 is 0 Å². The zero-order valence-electron chi connectivity index (χ0n) is 10.4. The summed E-state index contributed by atoms with van der Waals surface area (Å²) in [5, 5.41) is 0.973. The van der Waals surface area contributed by atoms with Crippen molar-refractivity contribution in [2.75, 3.05) is 29.5 Å². The highest BCUT2D eigenvalue weighted by molar-refractivity contribution is 7.99. The van der Waals surface area contributed by atoms with Crippen molar-refractivity contribution in [1.29, 1.82) is 0 Å². The van der Waals surface area contributed by atoms with Crippen LogP contribution in [0.15, 0.2) is 30.3 Å². The van der Waals surface area contributed by atoms with E-state index in [1.165, 1.54) is 11.3 Å². The highest BCUT2D eigenvalue weighted by atomic mass is 32.2. The van der Waals surface area contributed by atoms with Gasteiger partial charge < -0.3 is 4.90 Å². The van der Waals surface area contributed by atoms with Crippen LogP contribution in [0.1, 0.15) is 9.67 Å². The molecule has 1 aliphatic rings. The molecule has 0 aliphatic carbocycles. The molecular formula is C14H14N2OS2. The number of anilines is 1. The second-order valence-electron chi connectivity index (χ2n) is 4.29. The van der Waals surface area contributed by atoms with Crippen LogP contribution < -0.4 is 4.90 Å². The second-order valence-corrected chi connectivity index (χ2v) is 6.53. The van der Waals surface area contributed by atoms with Gasteiger partial charge in [0.25, 0.3) is 0 Å².